The number of fused-ring (bicyclic) bond motifs is 2. The molecular weight excluding hydrogens is 541 g/mol. The van der Waals surface area contributed by atoms with Crippen molar-refractivity contribution in [1.29, 1.82) is 0 Å². The van der Waals surface area contributed by atoms with E-state index >= 15 is 0 Å². The Kier molecular flexibility index (Phi) is 9.75. The van der Waals surface area contributed by atoms with Crippen LogP contribution in [0.4, 0.5) is 5.69 Å². The summed E-state index contributed by atoms with van der Waals surface area (Å²) in [4.78, 5) is 29.7. The molecule has 196 valence electrons. The van der Waals surface area contributed by atoms with Gasteiger partial charge in [-0.3, -0.25) is 9.78 Å². The fourth-order valence-electron chi connectivity index (χ4n) is 4.78. The molecule has 1 N–H and O–H groups in total. The number of benzene rings is 3. The maximum absolute atomic E-state index is 13.7. The van der Waals surface area contributed by atoms with E-state index < -0.39 is 0 Å². The number of H-pyrrole nitrogens is 1. The Bertz CT molecular complexity index is 1500. The highest BCUT2D eigenvalue weighted by atomic mass is 35.5. The number of pyridine rings is 1. The quantitative estimate of drug-likeness (QED) is 0.267. The molecule has 3 aromatic carbocycles. The summed E-state index contributed by atoms with van der Waals surface area (Å²) in [6.07, 6.45) is 5.33. The predicted molar refractivity (Wildman–Crippen MR) is 160 cm³/mol. The number of amides is 1. The van der Waals surface area contributed by atoms with E-state index in [-0.39, 0.29) is 43.1 Å². The Balaban J connectivity index is 0.00000133. The number of imidazole rings is 1. The molecule has 1 amide bonds. The van der Waals surface area contributed by atoms with Crippen molar-refractivity contribution in [1.82, 2.24) is 19.9 Å². The van der Waals surface area contributed by atoms with Crippen LogP contribution in [-0.2, 0) is 13.1 Å². The zero-order chi connectivity index (χ0) is 23.6. The Morgan fingerprint density at radius 2 is 1.71 bits per heavy atom. The van der Waals surface area contributed by atoms with E-state index in [9.17, 15) is 4.79 Å². The van der Waals surface area contributed by atoms with Crippen LogP contribution in [0.3, 0.4) is 0 Å². The van der Waals surface area contributed by atoms with E-state index in [1.54, 1.807) is 12.5 Å². The Morgan fingerprint density at radius 3 is 2.50 bits per heavy atom. The first-order valence-corrected chi connectivity index (χ1v) is 11.8. The number of aromatic nitrogens is 3. The van der Waals surface area contributed by atoms with E-state index in [0.717, 1.165) is 40.0 Å². The van der Waals surface area contributed by atoms with Crippen LogP contribution < -0.4 is 4.90 Å². The van der Waals surface area contributed by atoms with Gasteiger partial charge in [-0.05, 0) is 53.1 Å². The van der Waals surface area contributed by atoms with E-state index in [1.165, 1.54) is 5.56 Å². The number of halogens is 3. The van der Waals surface area contributed by atoms with Crippen molar-refractivity contribution in [3.8, 4) is 11.1 Å². The smallest absolute Gasteiger partial charge is 0.254 e. The van der Waals surface area contributed by atoms with Crippen molar-refractivity contribution < 1.29 is 4.79 Å². The molecule has 0 atom stereocenters. The predicted octanol–water partition coefficient (Wildman–Crippen LogP) is 6.55. The van der Waals surface area contributed by atoms with Crippen molar-refractivity contribution in [3.05, 3.63) is 114 Å². The molecule has 3 heterocycles. The molecule has 0 radical (unpaired) electrons. The summed E-state index contributed by atoms with van der Waals surface area (Å²) < 4.78 is 0. The fourth-order valence-corrected chi connectivity index (χ4v) is 4.78. The summed E-state index contributed by atoms with van der Waals surface area (Å²) in [6.45, 7) is 2.63. The monoisotopic (exact) mass is 567 g/mol. The molecule has 0 aliphatic carbocycles. The zero-order valence-electron chi connectivity index (χ0n) is 20.5. The van der Waals surface area contributed by atoms with Gasteiger partial charge >= 0.3 is 0 Å². The molecular formula is C29H28Cl3N5O. The first kappa shape index (κ1) is 29.0. The maximum Gasteiger partial charge on any atom is 0.254 e. The van der Waals surface area contributed by atoms with Crippen LogP contribution >= 0.6 is 37.2 Å². The second kappa shape index (κ2) is 12.8. The SMILES string of the molecule is Cl.Cl.Cl.O=C(c1ccc2ncccc2c1)N1CCN(Cc2cnc[nH]2)c2ccc(-c3ccccc3)cc2C1. The molecule has 5 aromatic rings. The van der Waals surface area contributed by atoms with Crippen LogP contribution in [0.2, 0.25) is 0 Å². The van der Waals surface area contributed by atoms with Gasteiger partial charge in [-0.15, -0.1) is 37.2 Å². The molecule has 38 heavy (non-hydrogen) atoms. The number of rotatable bonds is 4. The third-order valence-electron chi connectivity index (χ3n) is 6.58. The molecule has 2 aromatic heterocycles. The van der Waals surface area contributed by atoms with Crippen molar-refractivity contribution in [3.63, 3.8) is 0 Å². The van der Waals surface area contributed by atoms with Gasteiger partial charge in [0.05, 0.1) is 24.1 Å². The first-order chi connectivity index (χ1) is 17.2. The van der Waals surface area contributed by atoms with E-state index in [0.29, 0.717) is 25.2 Å². The average molecular weight is 569 g/mol. The molecule has 0 bridgehead atoms. The topological polar surface area (TPSA) is 65.1 Å². The number of hydrogen-bond donors (Lipinski definition) is 1. The van der Waals surface area contributed by atoms with Crippen LogP contribution in [0.5, 0.6) is 0 Å². The molecule has 0 saturated heterocycles. The van der Waals surface area contributed by atoms with Crippen molar-refractivity contribution in [2.45, 2.75) is 13.1 Å². The van der Waals surface area contributed by atoms with Crippen LogP contribution in [0, 0.1) is 0 Å². The van der Waals surface area contributed by atoms with Crippen LogP contribution in [0.25, 0.3) is 22.0 Å². The Morgan fingerprint density at radius 1 is 0.868 bits per heavy atom. The summed E-state index contributed by atoms with van der Waals surface area (Å²) in [7, 11) is 0. The molecule has 9 heteroatoms. The van der Waals surface area contributed by atoms with Gasteiger partial charge in [0.1, 0.15) is 0 Å². The molecule has 1 aliphatic rings. The number of aromatic amines is 1. The Labute approximate surface area is 240 Å². The minimum absolute atomic E-state index is 0. The van der Waals surface area contributed by atoms with Crippen molar-refractivity contribution in [2.75, 3.05) is 18.0 Å². The van der Waals surface area contributed by atoms with Gasteiger partial charge in [0.15, 0.2) is 0 Å². The van der Waals surface area contributed by atoms with E-state index in [2.05, 4.69) is 62.3 Å². The third-order valence-corrected chi connectivity index (χ3v) is 6.58. The second-order valence-electron chi connectivity index (χ2n) is 8.85. The third kappa shape index (κ3) is 5.94. The number of nitrogens with zero attached hydrogens (tertiary/aromatic N) is 4. The largest absolute Gasteiger partial charge is 0.364 e. The van der Waals surface area contributed by atoms with Gasteiger partial charge in [-0.25, -0.2) is 4.98 Å². The van der Waals surface area contributed by atoms with Gasteiger partial charge in [0.25, 0.3) is 5.91 Å². The average Bonchev–Trinajstić information content (AvgIpc) is 3.36. The van der Waals surface area contributed by atoms with Crippen molar-refractivity contribution >= 4 is 59.7 Å². The maximum atomic E-state index is 13.7. The number of carbonyl (C=O) groups excluding carboxylic acids is 1. The molecule has 0 fully saturated rings. The van der Waals surface area contributed by atoms with Gasteiger partial charge in [-0.1, -0.05) is 42.5 Å². The first-order valence-electron chi connectivity index (χ1n) is 11.8. The number of nitrogens with one attached hydrogen (secondary N) is 1. The highest BCUT2D eigenvalue weighted by molar-refractivity contribution is 5.98. The zero-order valence-corrected chi connectivity index (χ0v) is 22.9. The van der Waals surface area contributed by atoms with Crippen LogP contribution in [0.15, 0.2) is 97.6 Å². The molecule has 6 nitrogen and oxygen atoms in total. The lowest BCUT2D eigenvalue weighted by Gasteiger charge is -2.24. The molecule has 1 aliphatic heterocycles. The van der Waals surface area contributed by atoms with Crippen LogP contribution in [0.1, 0.15) is 21.6 Å². The van der Waals surface area contributed by atoms with Gasteiger partial charge in [0, 0.05) is 48.7 Å². The standard InChI is InChI=1S/C29H25N5O.3ClH/c35-29(24-8-10-27-23(16-24)7-4-12-31-27)34-14-13-33(19-26-17-30-20-32-26)28-11-9-22(15-25(28)18-34)21-5-2-1-3-6-21;;;/h1-12,15-17,20H,13-14,18-19H2,(H,30,32);3*1H. The summed E-state index contributed by atoms with van der Waals surface area (Å²) in [5, 5.41) is 0.973. The Hall–Kier alpha value is -3.58. The van der Waals surface area contributed by atoms with Gasteiger partial charge in [0.2, 0.25) is 0 Å². The number of carbonyl (C=O) groups is 1. The van der Waals surface area contributed by atoms with Gasteiger partial charge < -0.3 is 14.8 Å². The molecule has 0 spiro atoms. The number of hydrogen-bond acceptors (Lipinski definition) is 4. The van der Waals surface area contributed by atoms with Gasteiger partial charge in [-0.2, -0.15) is 0 Å². The summed E-state index contributed by atoms with van der Waals surface area (Å²) >= 11 is 0. The molecule has 0 unspecified atom stereocenters. The summed E-state index contributed by atoms with van der Waals surface area (Å²) in [5.41, 5.74) is 7.23. The fraction of sp³-hybridized carbons (Fsp3) is 0.138. The molecule has 0 saturated carbocycles. The normalized spacial score (nSPS) is 12.4. The lowest BCUT2D eigenvalue weighted by atomic mass is 10.0. The van der Waals surface area contributed by atoms with E-state index in [1.807, 2.05) is 47.5 Å². The second-order valence-corrected chi connectivity index (χ2v) is 8.85. The minimum Gasteiger partial charge on any atom is -0.364 e. The summed E-state index contributed by atoms with van der Waals surface area (Å²) in [6, 6.07) is 26.6. The minimum atomic E-state index is 0. The molecule has 6 rings (SSSR count). The van der Waals surface area contributed by atoms with Crippen molar-refractivity contribution in [2.24, 2.45) is 0 Å². The number of anilines is 1. The van der Waals surface area contributed by atoms with E-state index in [4.69, 9.17) is 0 Å². The summed E-state index contributed by atoms with van der Waals surface area (Å²) in [5.74, 6) is 0.0372. The highest BCUT2D eigenvalue weighted by Gasteiger charge is 2.25. The lowest BCUT2D eigenvalue weighted by Crippen LogP contribution is -2.35. The highest BCUT2D eigenvalue weighted by Crippen LogP contribution is 2.32. The van der Waals surface area contributed by atoms with Crippen LogP contribution in [-0.4, -0.2) is 38.8 Å². The lowest BCUT2D eigenvalue weighted by molar-refractivity contribution is 0.0751.